The molecule has 0 aromatic carbocycles. The number of hydrogen-bond donors (Lipinski definition) is 2. The zero-order valence-corrected chi connectivity index (χ0v) is 11.8. The molecule has 6 nitrogen and oxygen atoms in total. The number of nitrogens with two attached hydrogens (primary N) is 1. The molecule has 0 radical (unpaired) electrons. The number of anilines is 2. The van der Waals surface area contributed by atoms with Crippen molar-refractivity contribution in [3.8, 4) is 0 Å². The molecule has 1 aromatic rings. The van der Waals surface area contributed by atoms with Gasteiger partial charge in [-0.25, -0.2) is 10.8 Å². The van der Waals surface area contributed by atoms with E-state index >= 15 is 0 Å². The molecule has 2 unspecified atom stereocenters. The highest BCUT2D eigenvalue weighted by Crippen LogP contribution is 2.31. The van der Waals surface area contributed by atoms with Crippen LogP contribution in [0.2, 0.25) is 0 Å². The number of nitrogens with one attached hydrogen (secondary N) is 1. The van der Waals surface area contributed by atoms with Crippen molar-refractivity contribution in [1.82, 2.24) is 9.97 Å². The van der Waals surface area contributed by atoms with Gasteiger partial charge in [0.15, 0.2) is 5.69 Å². The Morgan fingerprint density at radius 3 is 2.71 bits per heavy atom. The van der Waals surface area contributed by atoms with Gasteiger partial charge in [-0.05, 0) is 12.3 Å². The normalized spacial score (nSPS) is 23.2. The molecule has 118 valence electrons. The Labute approximate surface area is 120 Å². The van der Waals surface area contributed by atoms with Crippen molar-refractivity contribution in [2.45, 2.75) is 25.6 Å². The van der Waals surface area contributed by atoms with Crippen molar-refractivity contribution in [2.24, 2.45) is 11.8 Å². The number of halogens is 3. The Kier molecular flexibility index (Phi) is 4.52. The van der Waals surface area contributed by atoms with Gasteiger partial charge in [0.2, 0.25) is 5.95 Å². The van der Waals surface area contributed by atoms with E-state index in [9.17, 15) is 13.2 Å². The first-order valence-electron chi connectivity index (χ1n) is 6.55. The molecule has 0 spiro atoms. The highest BCUT2D eigenvalue weighted by Gasteiger charge is 2.35. The van der Waals surface area contributed by atoms with Crippen LogP contribution in [0.3, 0.4) is 0 Å². The Balaban J connectivity index is 2.30. The second kappa shape index (κ2) is 6.02. The fourth-order valence-electron chi connectivity index (χ4n) is 2.35. The number of rotatable bonds is 3. The highest BCUT2D eigenvalue weighted by atomic mass is 19.4. The first-order chi connectivity index (χ1) is 9.85. The molecule has 2 heterocycles. The molecule has 0 aliphatic carbocycles. The molecule has 2 rings (SSSR count). The molecule has 1 aromatic heterocycles. The van der Waals surface area contributed by atoms with Gasteiger partial charge >= 0.3 is 6.18 Å². The minimum atomic E-state index is -4.55. The van der Waals surface area contributed by atoms with Gasteiger partial charge < -0.3 is 9.64 Å². The van der Waals surface area contributed by atoms with Gasteiger partial charge in [0.05, 0.1) is 6.10 Å². The summed E-state index contributed by atoms with van der Waals surface area (Å²) in [5.74, 6) is 5.44. The first-order valence-corrected chi connectivity index (χ1v) is 6.55. The van der Waals surface area contributed by atoms with Crippen molar-refractivity contribution in [3.05, 3.63) is 11.8 Å². The standard InChI is InChI=1S/C12H18F3N5O/c1-7-3-4-20(6-8(7)21-2)10-5-9(12(13,14)15)17-11(18-10)19-16/h5,7-8H,3-4,6,16H2,1-2H3,(H,17,18,19). The summed E-state index contributed by atoms with van der Waals surface area (Å²) in [7, 11) is 1.60. The van der Waals surface area contributed by atoms with E-state index in [4.69, 9.17) is 10.6 Å². The van der Waals surface area contributed by atoms with Crippen LogP contribution in [-0.2, 0) is 10.9 Å². The van der Waals surface area contributed by atoms with Gasteiger partial charge in [0, 0.05) is 26.3 Å². The van der Waals surface area contributed by atoms with Crippen molar-refractivity contribution in [1.29, 1.82) is 0 Å². The summed E-state index contributed by atoms with van der Waals surface area (Å²) in [6, 6.07) is 0.934. The lowest BCUT2D eigenvalue weighted by molar-refractivity contribution is -0.141. The fourth-order valence-corrected chi connectivity index (χ4v) is 2.35. The minimum absolute atomic E-state index is 0.0441. The molecule has 1 aliphatic heterocycles. The van der Waals surface area contributed by atoms with Crippen LogP contribution in [0.5, 0.6) is 0 Å². The van der Waals surface area contributed by atoms with Crippen LogP contribution in [0, 0.1) is 5.92 Å². The lowest BCUT2D eigenvalue weighted by Gasteiger charge is -2.37. The minimum Gasteiger partial charge on any atom is -0.379 e. The second-order valence-corrected chi connectivity index (χ2v) is 5.06. The van der Waals surface area contributed by atoms with Crippen LogP contribution in [-0.4, -0.2) is 36.3 Å². The highest BCUT2D eigenvalue weighted by molar-refractivity contribution is 5.45. The maximum absolute atomic E-state index is 12.9. The number of aromatic nitrogens is 2. The quantitative estimate of drug-likeness (QED) is 0.653. The van der Waals surface area contributed by atoms with Crippen molar-refractivity contribution >= 4 is 11.8 Å². The molecule has 0 amide bonds. The second-order valence-electron chi connectivity index (χ2n) is 5.06. The van der Waals surface area contributed by atoms with E-state index in [0.29, 0.717) is 19.0 Å². The largest absolute Gasteiger partial charge is 0.433 e. The smallest absolute Gasteiger partial charge is 0.379 e. The summed E-state index contributed by atoms with van der Waals surface area (Å²) in [4.78, 5) is 9.10. The van der Waals surface area contributed by atoms with Crippen LogP contribution in [0.15, 0.2) is 6.07 Å². The summed E-state index contributed by atoms with van der Waals surface area (Å²) in [6.07, 6.45) is -3.78. The predicted molar refractivity (Wildman–Crippen MR) is 71.6 cm³/mol. The van der Waals surface area contributed by atoms with Crippen LogP contribution in [0.25, 0.3) is 0 Å². The molecule has 21 heavy (non-hydrogen) atoms. The van der Waals surface area contributed by atoms with E-state index in [-0.39, 0.29) is 17.9 Å². The molecule has 2 atom stereocenters. The van der Waals surface area contributed by atoms with Gasteiger partial charge in [0.25, 0.3) is 0 Å². The van der Waals surface area contributed by atoms with Crippen molar-refractivity contribution in [3.63, 3.8) is 0 Å². The maximum Gasteiger partial charge on any atom is 0.433 e. The average Bonchev–Trinajstić information content (AvgIpc) is 2.46. The zero-order valence-electron chi connectivity index (χ0n) is 11.8. The summed E-state index contributed by atoms with van der Waals surface area (Å²) in [5.41, 5.74) is 1.05. The van der Waals surface area contributed by atoms with Crippen LogP contribution < -0.4 is 16.2 Å². The Morgan fingerprint density at radius 1 is 1.43 bits per heavy atom. The number of nitrogen functional groups attached to an aromatic ring is 1. The van der Waals surface area contributed by atoms with E-state index < -0.39 is 11.9 Å². The Morgan fingerprint density at radius 2 is 2.14 bits per heavy atom. The van der Waals surface area contributed by atoms with Gasteiger partial charge in [-0.2, -0.15) is 18.2 Å². The molecule has 1 saturated heterocycles. The molecular formula is C12H18F3N5O. The summed E-state index contributed by atoms with van der Waals surface area (Å²) in [6.45, 7) is 3.15. The molecule has 1 aliphatic rings. The molecule has 0 saturated carbocycles. The Bertz CT molecular complexity index is 496. The van der Waals surface area contributed by atoms with Crippen LogP contribution >= 0.6 is 0 Å². The molecule has 0 bridgehead atoms. The number of alkyl halides is 3. The molecule has 1 fully saturated rings. The third kappa shape index (κ3) is 3.53. The lowest BCUT2D eigenvalue weighted by atomic mass is 9.96. The van der Waals surface area contributed by atoms with E-state index in [1.54, 1.807) is 12.0 Å². The van der Waals surface area contributed by atoms with Crippen LogP contribution in [0.1, 0.15) is 19.0 Å². The number of methoxy groups -OCH3 is 1. The van der Waals surface area contributed by atoms with Crippen molar-refractivity contribution in [2.75, 3.05) is 30.5 Å². The van der Waals surface area contributed by atoms with E-state index in [2.05, 4.69) is 22.3 Å². The first kappa shape index (κ1) is 15.8. The SMILES string of the molecule is COC1CN(c2cc(C(F)(F)F)nc(NN)n2)CCC1C. The predicted octanol–water partition coefficient (Wildman–Crippen LogP) is 1.64. The van der Waals surface area contributed by atoms with Gasteiger partial charge in [-0.15, -0.1) is 0 Å². The number of ether oxygens (including phenoxy) is 1. The maximum atomic E-state index is 12.9. The average molecular weight is 305 g/mol. The summed E-state index contributed by atoms with van der Waals surface area (Å²) < 4.78 is 43.9. The third-order valence-electron chi connectivity index (χ3n) is 3.65. The van der Waals surface area contributed by atoms with E-state index in [1.165, 1.54) is 0 Å². The Hall–Kier alpha value is -1.61. The van der Waals surface area contributed by atoms with E-state index in [1.807, 2.05) is 0 Å². The zero-order chi connectivity index (χ0) is 15.6. The number of hydrogen-bond acceptors (Lipinski definition) is 6. The third-order valence-corrected chi connectivity index (χ3v) is 3.65. The molecule has 9 heteroatoms. The number of piperidine rings is 1. The van der Waals surface area contributed by atoms with Gasteiger partial charge in [-0.1, -0.05) is 6.92 Å². The number of nitrogens with zero attached hydrogens (tertiary/aromatic N) is 3. The van der Waals surface area contributed by atoms with Crippen LogP contribution in [0.4, 0.5) is 24.9 Å². The molecular weight excluding hydrogens is 287 g/mol. The topological polar surface area (TPSA) is 76.3 Å². The van der Waals surface area contributed by atoms with Gasteiger partial charge in [0.1, 0.15) is 5.82 Å². The monoisotopic (exact) mass is 305 g/mol. The number of hydrazine groups is 1. The van der Waals surface area contributed by atoms with Crippen molar-refractivity contribution < 1.29 is 17.9 Å². The summed E-state index contributed by atoms with van der Waals surface area (Å²) in [5, 5.41) is 0. The summed E-state index contributed by atoms with van der Waals surface area (Å²) >= 11 is 0. The lowest BCUT2D eigenvalue weighted by Crippen LogP contribution is -2.44. The molecule has 3 N–H and O–H groups in total. The fraction of sp³-hybridized carbons (Fsp3) is 0.667. The van der Waals surface area contributed by atoms with E-state index in [0.717, 1.165) is 12.5 Å². The van der Waals surface area contributed by atoms with Gasteiger partial charge in [-0.3, -0.25) is 5.43 Å².